The van der Waals surface area contributed by atoms with Gasteiger partial charge in [-0.2, -0.15) is 0 Å². The molecular formula is C17H23ClFN3O4. The summed E-state index contributed by atoms with van der Waals surface area (Å²) in [6.45, 7) is 3.64. The summed E-state index contributed by atoms with van der Waals surface area (Å²) in [6.07, 6.45) is -0.433. The Bertz CT molecular complexity index is 603. The molecule has 2 saturated heterocycles. The number of piperazine rings is 1. The highest BCUT2D eigenvalue weighted by Gasteiger charge is 2.30. The van der Waals surface area contributed by atoms with Crippen LogP contribution in [-0.4, -0.2) is 80.2 Å². The number of carbonyl (C=O) groups excluding carboxylic acids is 2. The highest BCUT2D eigenvalue weighted by atomic mass is 35.5. The molecule has 2 heterocycles. The molecule has 0 spiro atoms. The lowest BCUT2D eigenvalue weighted by molar-refractivity contribution is -0.149. The standard InChI is InChI=1S/C17H22FN3O4.ClH/c18-13-1-3-14(4-2-13)25-12-16(22)20-6-8-21(9-7-20)17(23)15-11-19-5-10-24-15;/h1-4,15,19H,5-12H2;1H. The maximum Gasteiger partial charge on any atom is 0.260 e. The Morgan fingerprint density at radius 1 is 1.15 bits per heavy atom. The maximum absolute atomic E-state index is 12.8. The monoisotopic (exact) mass is 387 g/mol. The molecule has 0 saturated carbocycles. The van der Waals surface area contributed by atoms with Gasteiger partial charge < -0.3 is 24.6 Å². The third-order valence-electron chi connectivity index (χ3n) is 4.32. The highest BCUT2D eigenvalue weighted by molar-refractivity contribution is 5.85. The van der Waals surface area contributed by atoms with Crippen molar-refractivity contribution in [3.63, 3.8) is 0 Å². The summed E-state index contributed by atoms with van der Waals surface area (Å²) in [7, 11) is 0. The van der Waals surface area contributed by atoms with Gasteiger partial charge in [0.1, 0.15) is 17.7 Å². The summed E-state index contributed by atoms with van der Waals surface area (Å²) in [4.78, 5) is 28.0. The maximum atomic E-state index is 12.8. The minimum atomic E-state index is -0.433. The van der Waals surface area contributed by atoms with Gasteiger partial charge in [-0.1, -0.05) is 0 Å². The molecule has 1 aromatic rings. The van der Waals surface area contributed by atoms with Crippen LogP contribution < -0.4 is 10.1 Å². The Hall–Kier alpha value is -1.90. The molecule has 2 fully saturated rings. The minimum absolute atomic E-state index is 0. The number of nitrogens with one attached hydrogen (secondary N) is 1. The van der Waals surface area contributed by atoms with Crippen LogP contribution in [0.25, 0.3) is 0 Å². The molecule has 144 valence electrons. The van der Waals surface area contributed by atoms with Crippen LogP contribution in [0.2, 0.25) is 0 Å². The first-order valence-electron chi connectivity index (χ1n) is 8.41. The molecule has 0 aliphatic carbocycles. The van der Waals surface area contributed by atoms with Crippen molar-refractivity contribution in [2.45, 2.75) is 6.10 Å². The first-order valence-corrected chi connectivity index (χ1v) is 8.41. The molecular weight excluding hydrogens is 365 g/mol. The summed E-state index contributed by atoms with van der Waals surface area (Å²) >= 11 is 0. The molecule has 9 heteroatoms. The Labute approximate surface area is 157 Å². The molecule has 2 amide bonds. The zero-order chi connectivity index (χ0) is 17.6. The summed E-state index contributed by atoms with van der Waals surface area (Å²) < 4.78 is 23.7. The van der Waals surface area contributed by atoms with E-state index in [1.807, 2.05) is 0 Å². The third-order valence-corrected chi connectivity index (χ3v) is 4.32. The molecule has 1 atom stereocenters. The van der Waals surface area contributed by atoms with Gasteiger partial charge in [0.25, 0.3) is 11.8 Å². The van der Waals surface area contributed by atoms with Gasteiger partial charge in [-0.05, 0) is 24.3 Å². The number of carbonyl (C=O) groups is 2. The fourth-order valence-electron chi connectivity index (χ4n) is 2.87. The summed E-state index contributed by atoms with van der Waals surface area (Å²) in [5, 5.41) is 3.14. The van der Waals surface area contributed by atoms with Crippen molar-refractivity contribution in [2.24, 2.45) is 0 Å². The Kier molecular flexibility index (Phi) is 7.62. The summed E-state index contributed by atoms with van der Waals surface area (Å²) in [6, 6.07) is 5.54. The number of benzene rings is 1. The number of hydrogen-bond donors (Lipinski definition) is 1. The Balaban J connectivity index is 0.00000243. The minimum Gasteiger partial charge on any atom is -0.484 e. The Morgan fingerprint density at radius 3 is 2.42 bits per heavy atom. The second-order valence-corrected chi connectivity index (χ2v) is 6.01. The zero-order valence-corrected chi connectivity index (χ0v) is 15.2. The molecule has 0 radical (unpaired) electrons. The van der Waals surface area contributed by atoms with Crippen molar-refractivity contribution >= 4 is 24.2 Å². The van der Waals surface area contributed by atoms with Crippen molar-refractivity contribution < 1.29 is 23.5 Å². The van der Waals surface area contributed by atoms with Crippen molar-refractivity contribution in [1.82, 2.24) is 15.1 Å². The van der Waals surface area contributed by atoms with E-state index in [0.717, 1.165) is 6.54 Å². The van der Waals surface area contributed by atoms with Crippen LogP contribution in [-0.2, 0) is 14.3 Å². The smallest absolute Gasteiger partial charge is 0.260 e. The number of rotatable bonds is 4. The van der Waals surface area contributed by atoms with Gasteiger partial charge >= 0.3 is 0 Å². The van der Waals surface area contributed by atoms with Gasteiger partial charge in [0, 0.05) is 39.3 Å². The van der Waals surface area contributed by atoms with Gasteiger partial charge in [0.05, 0.1) is 6.61 Å². The van der Waals surface area contributed by atoms with Gasteiger partial charge in [-0.15, -0.1) is 12.4 Å². The highest BCUT2D eigenvalue weighted by Crippen LogP contribution is 2.12. The van der Waals surface area contributed by atoms with Gasteiger partial charge in [-0.25, -0.2) is 4.39 Å². The topological polar surface area (TPSA) is 71.1 Å². The van der Waals surface area contributed by atoms with Gasteiger partial charge in [0.15, 0.2) is 6.61 Å². The van der Waals surface area contributed by atoms with E-state index in [0.29, 0.717) is 45.1 Å². The van der Waals surface area contributed by atoms with Crippen LogP contribution in [0, 0.1) is 5.82 Å². The third kappa shape index (κ3) is 5.30. The van der Waals surface area contributed by atoms with Crippen LogP contribution >= 0.6 is 12.4 Å². The number of morpholine rings is 1. The summed E-state index contributed by atoms with van der Waals surface area (Å²) in [5.41, 5.74) is 0. The quantitative estimate of drug-likeness (QED) is 0.804. The lowest BCUT2D eigenvalue weighted by atomic mass is 10.2. The first-order chi connectivity index (χ1) is 12.1. The average molecular weight is 388 g/mol. The van der Waals surface area contributed by atoms with E-state index < -0.39 is 6.10 Å². The van der Waals surface area contributed by atoms with Crippen LogP contribution in [0.15, 0.2) is 24.3 Å². The average Bonchev–Trinajstić information content (AvgIpc) is 2.67. The molecule has 1 aromatic carbocycles. The zero-order valence-electron chi connectivity index (χ0n) is 14.4. The van der Waals surface area contributed by atoms with E-state index in [2.05, 4.69) is 5.32 Å². The van der Waals surface area contributed by atoms with Crippen LogP contribution in [0.3, 0.4) is 0 Å². The number of hydrogen-bond acceptors (Lipinski definition) is 5. The Morgan fingerprint density at radius 2 is 1.81 bits per heavy atom. The van der Waals surface area contributed by atoms with E-state index >= 15 is 0 Å². The normalized spacial score (nSPS) is 20.3. The first kappa shape index (κ1) is 20.4. The van der Waals surface area contributed by atoms with E-state index in [9.17, 15) is 14.0 Å². The molecule has 3 rings (SSSR count). The van der Waals surface area contributed by atoms with E-state index in [4.69, 9.17) is 9.47 Å². The second kappa shape index (κ2) is 9.70. The van der Waals surface area contributed by atoms with Crippen LogP contribution in [0.4, 0.5) is 4.39 Å². The molecule has 0 aromatic heterocycles. The largest absolute Gasteiger partial charge is 0.484 e. The number of ether oxygens (including phenoxy) is 2. The molecule has 0 bridgehead atoms. The lowest BCUT2D eigenvalue weighted by Gasteiger charge is -2.37. The summed E-state index contributed by atoms with van der Waals surface area (Å²) in [5.74, 6) is -0.0732. The van der Waals surface area contributed by atoms with Crippen molar-refractivity contribution in [2.75, 3.05) is 52.5 Å². The molecule has 2 aliphatic heterocycles. The van der Waals surface area contributed by atoms with E-state index in [1.165, 1.54) is 24.3 Å². The molecule has 1 N–H and O–H groups in total. The van der Waals surface area contributed by atoms with Crippen LogP contribution in [0.1, 0.15) is 0 Å². The molecule has 7 nitrogen and oxygen atoms in total. The number of nitrogens with zero attached hydrogens (tertiary/aromatic N) is 2. The van der Waals surface area contributed by atoms with Crippen molar-refractivity contribution in [3.8, 4) is 5.75 Å². The van der Waals surface area contributed by atoms with E-state index in [-0.39, 0.29) is 36.6 Å². The van der Waals surface area contributed by atoms with Crippen molar-refractivity contribution in [3.05, 3.63) is 30.1 Å². The predicted molar refractivity (Wildman–Crippen MR) is 94.9 cm³/mol. The lowest BCUT2D eigenvalue weighted by Crippen LogP contribution is -2.56. The predicted octanol–water partition coefficient (Wildman–Crippen LogP) is 0.286. The molecule has 26 heavy (non-hydrogen) atoms. The van der Waals surface area contributed by atoms with Crippen molar-refractivity contribution in [1.29, 1.82) is 0 Å². The SMILES string of the molecule is Cl.O=C(COc1ccc(F)cc1)N1CCN(C(=O)C2CNCCO2)CC1. The fourth-order valence-corrected chi connectivity index (χ4v) is 2.87. The number of amides is 2. The van der Waals surface area contributed by atoms with E-state index in [1.54, 1.807) is 9.80 Å². The van der Waals surface area contributed by atoms with Gasteiger partial charge in [-0.3, -0.25) is 9.59 Å². The van der Waals surface area contributed by atoms with Gasteiger partial charge in [0.2, 0.25) is 0 Å². The molecule has 1 unspecified atom stereocenters. The molecule has 2 aliphatic rings. The second-order valence-electron chi connectivity index (χ2n) is 6.01. The number of halogens is 2. The fraction of sp³-hybridized carbons (Fsp3) is 0.529. The van der Waals surface area contributed by atoms with Crippen LogP contribution in [0.5, 0.6) is 5.75 Å².